The van der Waals surface area contributed by atoms with Crippen LogP contribution < -0.4 is 0 Å². The van der Waals surface area contributed by atoms with Crippen molar-refractivity contribution in [2.45, 2.75) is 98.1 Å². The van der Waals surface area contributed by atoms with E-state index in [9.17, 15) is 0 Å². The molecule has 0 heterocycles. The van der Waals surface area contributed by atoms with Crippen molar-refractivity contribution in [1.29, 1.82) is 0 Å². The van der Waals surface area contributed by atoms with Crippen LogP contribution in [0.25, 0.3) is 0 Å². The summed E-state index contributed by atoms with van der Waals surface area (Å²) in [7, 11) is -1.86. The van der Waals surface area contributed by atoms with Gasteiger partial charge in [-0.2, -0.15) is 0 Å². The van der Waals surface area contributed by atoms with Crippen LogP contribution in [0.15, 0.2) is 0 Å². The number of unbranched alkanes of at least 4 members (excludes halogenated alkanes) is 9. The molecule has 0 spiro atoms. The molecule has 0 aliphatic heterocycles. The van der Waals surface area contributed by atoms with E-state index in [1.807, 2.05) is 0 Å². The molecule has 2 nitrogen and oxygen atoms in total. The van der Waals surface area contributed by atoms with Gasteiger partial charge in [-0.05, 0) is 25.4 Å². The minimum absolute atomic E-state index is 0.595. The maximum absolute atomic E-state index is 5.97. The third-order valence-electron chi connectivity index (χ3n) is 3.71. The molecular formula is C18H40O2Si. The molecule has 0 amide bonds. The second kappa shape index (κ2) is 13.8. The molecule has 0 aromatic carbocycles. The summed E-state index contributed by atoms with van der Waals surface area (Å²) in [5, 5.41) is 0. The zero-order valence-corrected chi connectivity index (χ0v) is 16.4. The van der Waals surface area contributed by atoms with Gasteiger partial charge in [0, 0.05) is 13.2 Å². The van der Waals surface area contributed by atoms with Gasteiger partial charge in [-0.3, -0.25) is 0 Å². The van der Waals surface area contributed by atoms with Crippen LogP contribution in [0, 0.1) is 5.92 Å². The zero-order valence-electron chi connectivity index (χ0n) is 15.4. The maximum atomic E-state index is 5.97. The topological polar surface area (TPSA) is 18.5 Å². The molecule has 0 atom stereocenters. The second-order valence-electron chi connectivity index (χ2n) is 7.14. The first-order valence-corrected chi connectivity index (χ1v) is 12.1. The third kappa shape index (κ3) is 16.3. The van der Waals surface area contributed by atoms with Gasteiger partial charge >= 0.3 is 8.56 Å². The van der Waals surface area contributed by atoms with Crippen molar-refractivity contribution in [2.75, 3.05) is 13.2 Å². The summed E-state index contributed by atoms with van der Waals surface area (Å²) in [6.07, 6.45) is 13.7. The molecule has 0 rings (SSSR count). The Labute approximate surface area is 135 Å². The van der Waals surface area contributed by atoms with E-state index in [0.717, 1.165) is 13.2 Å². The molecule has 0 aromatic heterocycles. The lowest BCUT2D eigenvalue weighted by Gasteiger charge is -2.24. The first-order valence-electron chi connectivity index (χ1n) is 9.26. The lowest BCUT2D eigenvalue weighted by molar-refractivity contribution is 0.159. The average molecular weight is 317 g/mol. The Hall–Kier alpha value is 0.137. The summed E-state index contributed by atoms with van der Waals surface area (Å²) < 4.78 is 11.9. The molecule has 128 valence electrons. The van der Waals surface area contributed by atoms with E-state index in [-0.39, 0.29) is 0 Å². The Kier molecular flexibility index (Phi) is 13.9. The van der Waals surface area contributed by atoms with Crippen molar-refractivity contribution >= 4 is 8.56 Å². The standard InChI is InChI=1S/C18H40O2Si/c1-6-7-8-9-10-11-12-13-14-15-16-19-21(4,5)20-17-18(2)3/h18H,6-17H2,1-5H3. The normalized spacial score (nSPS) is 12.3. The van der Waals surface area contributed by atoms with Gasteiger partial charge in [0.15, 0.2) is 0 Å². The predicted molar refractivity (Wildman–Crippen MR) is 96.1 cm³/mol. The monoisotopic (exact) mass is 316 g/mol. The van der Waals surface area contributed by atoms with E-state index in [1.54, 1.807) is 0 Å². The van der Waals surface area contributed by atoms with Crippen LogP contribution >= 0.6 is 0 Å². The molecule has 0 fully saturated rings. The fraction of sp³-hybridized carbons (Fsp3) is 1.00. The van der Waals surface area contributed by atoms with Crippen molar-refractivity contribution in [3.63, 3.8) is 0 Å². The Balaban J connectivity index is 3.27. The van der Waals surface area contributed by atoms with E-state index in [2.05, 4.69) is 33.9 Å². The molecule has 0 aliphatic carbocycles. The van der Waals surface area contributed by atoms with E-state index >= 15 is 0 Å². The van der Waals surface area contributed by atoms with Gasteiger partial charge in [0.05, 0.1) is 0 Å². The predicted octanol–water partition coefficient (Wildman–Crippen LogP) is 6.30. The Morgan fingerprint density at radius 1 is 0.714 bits per heavy atom. The first kappa shape index (κ1) is 21.1. The van der Waals surface area contributed by atoms with Crippen LogP contribution in [0.3, 0.4) is 0 Å². The number of hydrogen-bond donors (Lipinski definition) is 0. The van der Waals surface area contributed by atoms with Crippen molar-refractivity contribution < 1.29 is 8.85 Å². The molecule has 0 saturated heterocycles. The van der Waals surface area contributed by atoms with Gasteiger partial charge in [0.1, 0.15) is 0 Å². The van der Waals surface area contributed by atoms with Crippen LogP contribution in [-0.2, 0) is 8.85 Å². The summed E-state index contributed by atoms with van der Waals surface area (Å²) in [5.41, 5.74) is 0. The number of hydrogen-bond acceptors (Lipinski definition) is 2. The van der Waals surface area contributed by atoms with Gasteiger partial charge in [0.25, 0.3) is 0 Å². The highest BCUT2D eigenvalue weighted by atomic mass is 28.4. The molecule has 0 aliphatic rings. The van der Waals surface area contributed by atoms with E-state index in [1.165, 1.54) is 64.2 Å². The highest BCUT2D eigenvalue weighted by Crippen LogP contribution is 2.12. The summed E-state index contributed by atoms with van der Waals surface area (Å²) in [6, 6.07) is 0. The van der Waals surface area contributed by atoms with E-state index < -0.39 is 8.56 Å². The minimum Gasteiger partial charge on any atom is -0.395 e. The third-order valence-corrected chi connectivity index (χ3v) is 5.47. The van der Waals surface area contributed by atoms with Gasteiger partial charge in [-0.15, -0.1) is 0 Å². The van der Waals surface area contributed by atoms with Crippen molar-refractivity contribution in [3.05, 3.63) is 0 Å². The highest BCUT2D eigenvalue weighted by Gasteiger charge is 2.24. The largest absolute Gasteiger partial charge is 0.395 e. The van der Waals surface area contributed by atoms with Gasteiger partial charge in [0.2, 0.25) is 0 Å². The SMILES string of the molecule is CCCCCCCCCCCCO[Si](C)(C)OCC(C)C. The molecule has 3 heteroatoms. The van der Waals surface area contributed by atoms with E-state index in [4.69, 9.17) is 8.85 Å². The summed E-state index contributed by atoms with van der Waals surface area (Å²) >= 11 is 0. The summed E-state index contributed by atoms with van der Waals surface area (Å²) in [6.45, 7) is 12.7. The fourth-order valence-electron chi connectivity index (χ4n) is 2.32. The van der Waals surface area contributed by atoms with Crippen molar-refractivity contribution in [1.82, 2.24) is 0 Å². The fourth-order valence-corrected chi connectivity index (χ4v) is 3.77. The molecule has 21 heavy (non-hydrogen) atoms. The zero-order chi connectivity index (χ0) is 16.0. The maximum Gasteiger partial charge on any atom is 0.331 e. The van der Waals surface area contributed by atoms with Crippen molar-refractivity contribution in [2.24, 2.45) is 5.92 Å². The average Bonchev–Trinajstić information content (AvgIpc) is 2.43. The lowest BCUT2D eigenvalue weighted by Crippen LogP contribution is -2.36. The Morgan fingerprint density at radius 2 is 1.19 bits per heavy atom. The quantitative estimate of drug-likeness (QED) is 0.261. The molecule has 0 radical (unpaired) electrons. The minimum atomic E-state index is -1.86. The van der Waals surface area contributed by atoms with E-state index in [0.29, 0.717) is 5.92 Å². The molecule has 0 saturated carbocycles. The van der Waals surface area contributed by atoms with Crippen LogP contribution in [0.2, 0.25) is 13.1 Å². The molecule has 0 unspecified atom stereocenters. The number of rotatable bonds is 15. The molecule has 0 bridgehead atoms. The van der Waals surface area contributed by atoms with Crippen LogP contribution in [0.4, 0.5) is 0 Å². The van der Waals surface area contributed by atoms with Crippen LogP contribution in [-0.4, -0.2) is 21.8 Å². The van der Waals surface area contributed by atoms with Gasteiger partial charge < -0.3 is 8.85 Å². The van der Waals surface area contributed by atoms with Crippen LogP contribution in [0.1, 0.15) is 85.0 Å². The van der Waals surface area contributed by atoms with Gasteiger partial charge in [-0.1, -0.05) is 78.6 Å². The molecular weight excluding hydrogens is 276 g/mol. The summed E-state index contributed by atoms with van der Waals surface area (Å²) in [4.78, 5) is 0. The molecule has 0 aromatic rings. The molecule has 0 N–H and O–H groups in total. The lowest BCUT2D eigenvalue weighted by atomic mass is 10.1. The van der Waals surface area contributed by atoms with Crippen molar-refractivity contribution in [3.8, 4) is 0 Å². The van der Waals surface area contributed by atoms with Crippen LogP contribution in [0.5, 0.6) is 0 Å². The Morgan fingerprint density at radius 3 is 1.67 bits per heavy atom. The smallest absolute Gasteiger partial charge is 0.331 e. The summed E-state index contributed by atoms with van der Waals surface area (Å²) in [5.74, 6) is 0.595. The first-order chi connectivity index (χ1) is 9.98. The second-order valence-corrected chi connectivity index (χ2v) is 10.5. The highest BCUT2D eigenvalue weighted by molar-refractivity contribution is 6.64. The Bertz CT molecular complexity index is 217. The van der Waals surface area contributed by atoms with Gasteiger partial charge in [-0.25, -0.2) is 0 Å².